The van der Waals surface area contributed by atoms with Crippen LogP contribution in [-0.2, 0) is 17.8 Å². The second kappa shape index (κ2) is 3.43. The zero-order valence-electron chi connectivity index (χ0n) is 7.76. The first-order valence-corrected chi connectivity index (χ1v) is 4.42. The predicted octanol–water partition coefficient (Wildman–Crippen LogP) is -2.80. The van der Waals surface area contributed by atoms with Gasteiger partial charge >= 0.3 is 22.2 Å². The lowest BCUT2D eigenvalue weighted by Crippen LogP contribution is -2.10. The first-order chi connectivity index (χ1) is 7.13. The van der Waals surface area contributed by atoms with E-state index in [1.807, 2.05) is 0 Å². The van der Waals surface area contributed by atoms with Gasteiger partial charge in [0.2, 0.25) is 0 Å². The van der Waals surface area contributed by atoms with Gasteiger partial charge in [-0.1, -0.05) is 0 Å². The van der Waals surface area contributed by atoms with Crippen LogP contribution in [0.3, 0.4) is 0 Å². The van der Waals surface area contributed by atoms with Crippen LogP contribution in [-0.4, -0.2) is 22.3 Å². The molecule has 0 N–H and O–H groups in total. The molecule has 0 aliphatic rings. The van der Waals surface area contributed by atoms with Crippen LogP contribution < -0.4 is 22.2 Å². The molecule has 0 aromatic carbocycles. The van der Waals surface area contributed by atoms with Crippen LogP contribution in [0.15, 0.2) is 19.2 Å². The van der Waals surface area contributed by atoms with E-state index in [9.17, 15) is 19.2 Å². The molecule has 2 aromatic rings. The van der Waals surface area contributed by atoms with Gasteiger partial charge < -0.3 is 4.74 Å². The van der Waals surface area contributed by atoms with Gasteiger partial charge in [-0.15, -0.1) is 0 Å². The highest BCUT2D eigenvalue weighted by atomic mass is 16.5. The number of aromatic nitrogens is 2. The molecular weight excluding hydrogens is 204 g/mol. The van der Waals surface area contributed by atoms with Crippen molar-refractivity contribution in [3.05, 3.63) is 41.4 Å². The molecule has 80 valence electrons. The minimum absolute atomic E-state index is 0.230. The second-order valence-electron chi connectivity index (χ2n) is 3.14. The summed E-state index contributed by atoms with van der Waals surface area (Å²) in [6, 6.07) is 0. The highest BCUT2D eigenvalue weighted by Gasteiger charge is 2.16. The summed E-state index contributed by atoms with van der Waals surface area (Å²) in [5.41, 5.74) is -1.96. The Bertz CT molecular complexity index is 501. The molecule has 0 unspecified atom stereocenters. The fourth-order valence-electron chi connectivity index (χ4n) is 1.15. The van der Waals surface area contributed by atoms with Crippen molar-refractivity contribution >= 4 is 0 Å². The van der Waals surface area contributed by atoms with Crippen molar-refractivity contribution in [3.8, 4) is 0 Å². The lowest BCUT2D eigenvalue weighted by Gasteiger charge is -1.98. The third kappa shape index (κ3) is 1.86. The fraction of sp³-hybridized carbons (Fsp3) is 0.500. The summed E-state index contributed by atoms with van der Waals surface area (Å²) < 4.78 is 7.16. The first-order valence-electron chi connectivity index (χ1n) is 4.42. The second-order valence-corrected chi connectivity index (χ2v) is 3.14. The molecule has 0 radical (unpaired) electrons. The van der Waals surface area contributed by atoms with Crippen LogP contribution in [0.1, 0.15) is 0 Å². The Morgan fingerprint density at radius 3 is 1.33 bits per heavy atom. The first kappa shape index (κ1) is 9.78. The van der Waals surface area contributed by atoms with Crippen LogP contribution >= 0.6 is 0 Å². The Morgan fingerprint density at radius 2 is 1.07 bits per heavy atom. The Balaban J connectivity index is 1.61. The van der Waals surface area contributed by atoms with Crippen LogP contribution in [0.5, 0.6) is 0 Å². The smallest absolute Gasteiger partial charge is 0.319 e. The number of hydrogen-bond donors (Lipinski definition) is 0. The summed E-state index contributed by atoms with van der Waals surface area (Å²) in [6.07, 6.45) is 0. The molecule has 0 saturated heterocycles. The van der Waals surface area contributed by atoms with Crippen molar-refractivity contribution in [2.75, 3.05) is 13.2 Å². The van der Waals surface area contributed by atoms with Crippen LogP contribution in [0, 0.1) is 0 Å². The lowest BCUT2D eigenvalue weighted by molar-refractivity contribution is 0.121. The summed E-state index contributed by atoms with van der Waals surface area (Å²) in [6.45, 7) is 0.931. The molecule has 0 aliphatic carbocycles. The van der Waals surface area contributed by atoms with E-state index in [1.165, 1.54) is 0 Å². The third-order valence-corrected chi connectivity index (χ3v) is 2.16. The maximum absolute atomic E-state index is 10.5. The van der Waals surface area contributed by atoms with Gasteiger partial charge in [0.25, 0.3) is 0 Å². The van der Waals surface area contributed by atoms with Crippen molar-refractivity contribution in [2.45, 2.75) is 13.1 Å². The average molecular weight is 212 g/mol. The molecule has 0 spiro atoms. The van der Waals surface area contributed by atoms with Crippen LogP contribution in [0.4, 0.5) is 0 Å². The molecule has 7 heteroatoms. The van der Waals surface area contributed by atoms with Gasteiger partial charge in [0.15, 0.2) is 0 Å². The zero-order chi connectivity index (χ0) is 11.0. The number of hydrogen-bond acceptors (Lipinski definition) is 5. The van der Waals surface area contributed by atoms with Gasteiger partial charge in [0.05, 0.1) is 26.3 Å². The zero-order valence-corrected chi connectivity index (χ0v) is 7.76. The van der Waals surface area contributed by atoms with Crippen molar-refractivity contribution < 1.29 is 4.74 Å². The minimum Gasteiger partial charge on any atom is -0.378 e. The number of ether oxygens (including phenoxy) is 1. The molecule has 2 aromatic heterocycles. The monoisotopic (exact) mass is 212 g/mol. The van der Waals surface area contributed by atoms with Gasteiger partial charge in [-0.25, -0.2) is 0 Å². The van der Waals surface area contributed by atoms with E-state index in [-0.39, 0.29) is 26.3 Å². The van der Waals surface area contributed by atoms with E-state index in [2.05, 4.69) is 0 Å². The van der Waals surface area contributed by atoms with Crippen LogP contribution in [0.25, 0.3) is 0 Å². The molecule has 0 amide bonds. The van der Waals surface area contributed by atoms with Gasteiger partial charge in [0.1, 0.15) is 0 Å². The topological polar surface area (TPSA) is 87.4 Å². The lowest BCUT2D eigenvalue weighted by atomic mass is 10.6. The molecule has 7 nitrogen and oxygen atoms in total. The van der Waals surface area contributed by atoms with Gasteiger partial charge in [0, 0.05) is 0 Å². The minimum atomic E-state index is -0.491. The maximum Gasteiger partial charge on any atom is 0.319 e. The Labute approximate surface area is 82.5 Å². The van der Waals surface area contributed by atoms with Crippen molar-refractivity contribution in [1.29, 1.82) is 0 Å². The van der Waals surface area contributed by atoms with E-state index in [0.29, 0.717) is 0 Å². The number of rotatable bonds is 6. The average Bonchev–Trinajstić information content (AvgIpc) is 2.99. The highest BCUT2D eigenvalue weighted by molar-refractivity contribution is 4.88. The molecule has 2 heterocycles. The summed E-state index contributed by atoms with van der Waals surface area (Å²) >= 11 is 0. The Morgan fingerprint density at radius 1 is 0.733 bits per heavy atom. The number of nitrogens with zero attached hydrogens (tertiary/aromatic N) is 2. The molecule has 0 atom stereocenters. The largest absolute Gasteiger partial charge is 0.378 e. The van der Waals surface area contributed by atoms with E-state index in [1.54, 1.807) is 0 Å². The quantitative estimate of drug-likeness (QED) is 0.381. The van der Waals surface area contributed by atoms with E-state index < -0.39 is 22.2 Å². The SMILES string of the molecule is O=c1c(=O)n1CCOCCn1c(=O)c1=O. The molecule has 2 rings (SSSR count). The fourth-order valence-corrected chi connectivity index (χ4v) is 1.15. The van der Waals surface area contributed by atoms with E-state index >= 15 is 0 Å². The summed E-state index contributed by atoms with van der Waals surface area (Å²) in [5, 5.41) is 0. The molecule has 0 saturated carbocycles. The van der Waals surface area contributed by atoms with Crippen molar-refractivity contribution in [3.63, 3.8) is 0 Å². The predicted molar refractivity (Wildman–Crippen MR) is 49.5 cm³/mol. The summed E-state index contributed by atoms with van der Waals surface area (Å²) in [5.74, 6) is 0. The Kier molecular flexibility index (Phi) is 2.24. The van der Waals surface area contributed by atoms with Gasteiger partial charge in [-0.05, 0) is 0 Å². The van der Waals surface area contributed by atoms with Gasteiger partial charge in [-0.3, -0.25) is 28.3 Å². The normalized spacial score (nSPS) is 11.7. The van der Waals surface area contributed by atoms with E-state index in [0.717, 1.165) is 9.13 Å². The molecule has 0 fully saturated rings. The molecule has 0 aliphatic heterocycles. The molecule has 15 heavy (non-hydrogen) atoms. The van der Waals surface area contributed by atoms with Crippen molar-refractivity contribution in [1.82, 2.24) is 9.13 Å². The van der Waals surface area contributed by atoms with Crippen molar-refractivity contribution in [2.24, 2.45) is 0 Å². The summed E-state index contributed by atoms with van der Waals surface area (Å²) in [4.78, 5) is 42.0. The standard InChI is InChI=1S/C8H8N2O5/c11-5-6(12)9(5)1-3-15-4-2-10-7(13)8(10)14/h1-4H2. The summed E-state index contributed by atoms with van der Waals surface area (Å²) in [7, 11) is 0. The van der Waals surface area contributed by atoms with Crippen LogP contribution in [0.2, 0.25) is 0 Å². The maximum atomic E-state index is 10.5. The van der Waals surface area contributed by atoms with E-state index in [4.69, 9.17) is 4.74 Å². The highest BCUT2D eigenvalue weighted by Crippen LogP contribution is 1.82. The van der Waals surface area contributed by atoms with Gasteiger partial charge in [-0.2, -0.15) is 0 Å². The third-order valence-electron chi connectivity index (χ3n) is 2.16. The molecular formula is C8H8N2O5. The Hall–Kier alpha value is -1.76. The molecule has 0 bridgehead atoms.